The van der Waals surface area contributed by atoms with Crippen molar-refractivity contribution in [2.45, 2.75) is 39.2 Å². The van der Waals surface area contributed by atoms with E-state index in [2.05, 4.69) is 21.2 Å². The van der Waals surface area contributed by atoms with Gasteiger partial charge in [0.2, 0.25) is 11.8 Å². The summed E-state index contributed by atoms with van der Waals surface area (Å²) in [5, 5.41) is 16.0. The molecule has 36 heavy (non-hydrogen) atoms. The van der Waals surface area contributed by atoms with E-state index in [0.717, 1.165) is 17.7 Å². The number of carbonyl (C=O) groups excluding carboxylic acids is 3. The van der Waals surface area contributed by atoms with Gasteiger partial charge in [0.1, 0.15) is 34.0 Å². The van der Waals surface area contributed by atoms with E-state index in [1.807, 2.05) is 31.2 Å². The van der Waals surface area contributed by atoms with Crippen molar-refractivity contribution in [3.8, 4) is 11.5 Å². The van der Waals surface area contributed by atoms with E-state index < -0.39 is 21.8 Å². The number of carbonyl (C=O) groups is 3. The van der Waals surface area contributed by atoms with E-state index in [-0.39, 0.29) is 36.2 Å². The van der Waals surface area contributed by atoms with Crippen LogP contribution in [0.4, 0.5) is 5.69 Å². The van der Waals surface area contributed by atoms with Crippen LogP contribution in [-0.4, -0.2) is 58.6 Å². The SMILES string of the molecule is C=S1(=O)NC(=O)CN1c1ccc(CC(NC(C)=O)C(=O)NCCCCOc2cccc(C)c2)cc1O. The zero-order chi connectivity index (χ0) is 26.3. The van der Waals surface area contributed by atoms with E-state index in [9.17, 15) is 23.7 Å². The van der Waals surface area contributed by atoms with Crippen molar-refractivity contribution in [3.05, 3.63) is 53.6 Å². The van der Waals surface area contributed by atoms with Gasteiger partial charge in [-0.2, -0.15) is 0 Å². The Morgan fingerprint density at radius 3 is 2.67 bits per heavy atom. The van der Waals surface area contributed by atoms with Gasteiger partial charge < -0.3 is 20.5 Å². The molecule has 1 saturated heterocycles. The molecule has 194 valence electrons. The number of nitrogens with zero attached hydrogens (tertiary/aromatic N) is 1. The number of benzene rings is 2. The normalized spacial score (nSPS) is 17.8. The quantitative estimate of drug-likeness (QED) is 0.262. The molecular weight excluding hydrogens is 484 g/mol. The molecule has 0 aromatic heterocycles. The van der Waals surface area contributed by atoms with Gasteiger partial charge in [-0.1, -0.05) is 18.2 Å². The number of anilines is 1. The van der Waals surface area contributed by atoms with Crippen LogP contribution in [0.5, 0.6) is 11.5 Å². The van der Waals surface area contributed by atoms with Crippen LogP contribution < -0.4 is 24.4 Å². The molecule has 3 rings (SSSR count). The van der Waals surface area contributed by atoms with Crippen LogP contribution in [0.3, 0.4) is 0 Å². The average molecular weight is 517 g/mol. The lowest BCUT2D eigenvalue weighted by Crippen LogP contribution is -2.47. The highest BCUT2D eigenvalue weighted by molar-refractivity contribution is 8.00. The molecule has 2 aromatic rings. The first kappa shape index (κ1) is 26.9. The molecule has 0 bridgehead atoms. The highest BCUT2D eigenvalue weighted by Gasteiger charge is 2.31. The number of ether oxygens (including phenoxy) is 1. The van der Waals surface area contributed by atoms with Crippen LogP contribution in [-0.2, 0) is 30.7 Å². The Labute approximate surface area is 211 Å². The van der Waals surface area contributed by atoms with E-state index in [0.29, 0.717) is 25.1 Å². The monoisotopic (exact) mass is 516 g/mol. The van der Waals surface area contributed by atoms with Gasteiger partial charge in [-0.15, -0.1) is 0 Å². The fourth-order valence-corrected chi connectivity index (χ4v) is 5.13. The smallest absolute Gasteiger partial charge is 0.253 e. The lowest BCUT2D eigenvalue weighted by atomic mass is 10.0. The molecule has 1 heterocycles. The second-order valence-corrected chi connectivity index (χ2v) is 10.6. The number of hydrogen-bond acceptors (Lipinski definition) is 6. The van der Waals surface area contributed by atoms with Crippen LogP contribution in [0.25, 0.3) is 0 Å². The number of unbranched alkanes of at least 4 members (excludes halogenated alkanes) is 1. The summed E-state index contributed by atoms with van der Waals surface area (Å²) >= 11 is 0. The Bertz CT molecular complexity index is 1230. The highest BCUT2D eigenvalue weighted by atomic mass is 32.2. The summed E-state index contributed by atoms with van der Waals surface area (Å²) in [5.74, 6) is 2.95. The summed E-state index contributed by atoms with van der Waals surface area (Å²) in [7, 11) is -3.07. The van der Waals surface area contributed by atoms with Crippen LogP contribution in [0.1, 0.15) is 30.9 Å². The number of amides is 3. The molecule has 2 atom stereocenters. The van der Waals surface area contributed by atoms with Crippen LogP contribution in [0, 0.1) is 6.92 Å². The van der Waals surface area contributed by atoms with Crippen molar-refractivity contribution in [1.82, 2.24) is 15.4 Å². The number of nitrogens with one attached hydrogen (secondary N) is 3. The molecule has 1 aliphatic rings. The zero-order valence-corrected chi connectivity index (χ0v) is 21.2. The van der Waals surface area contributed by atoms with E-state index in [1.165, 1.54) is 23.4 Å². The number of phenols is 1. The van der Waals surface area contributed by atoms with Crippen LogP contribution in [0.2, 0.25) is 0 Å². The van der Waals surface area contributed by atoms with Crippen molar-refractivity contribution >= 4 is 39.2 Å². The Kier molecular flexibility index (Phi) is 8.81. The summed E-state index contributed by atoms with van der Waals surface area (Å²) in [4.78, 5) is 36.0. The second kappa shape index (κ2) is 11.8. The predicted molar refractivity (Wildman–Crippen MR) is 139 cm³/mol. The summed E-state index contributed by atoms with van der Waals surface area (Å²) < 4.78 is 21.7. The molecule has 0 aliphatic carbocycles. The maximum atomic E-state index is 12.7. The van der Waals surface area contributed by atoms with Gasteiger partial charge >= 0.3 is 0 Å². The van der Waals surface area contributed by atoms with Crippen molar-refractivity contribution in [3.63, 3.8) is 0 Å². The Hall–Kier alpha value is -3.73. The number of phenolic OH excluding ortho intramolecular Hbond substituents is 1. The van der Waals surface area contributed by atoms with Crippen molar-refractivity contribution in [2.75, 3.05) is 24.0 Å². The largest absolute Gasteiger partial charge is 0.506 e. The highest BCUT2D eigenvalue weighted by Crippen LogP contribution is 2.31. The summed E-state index contributed by atoms with van der Waals surface area (Å²) in [5.41, 5.74) is 1.88. The third-order valence-corrected chi connectivity index (χ3v) is 7.07. The molecule has 2 aromatic carbocycles. The average Bonchev–Trinajstić information content (AvgIpc) is 3.07. The predicted octanol–water partition coefficient (Wildman–Crippen LogP) is 1.21. The van der Waals surface area contributed by atoms with Crippen molar-refractivity contribution in [1.29, 1.82) is 0 Å². The standard InChI is InChI=1S/C25H32N4O6S/c1-17-7-6-8-20(13-17)35-12-5-4-11-26-25(33)21(27-18(2)30)14-19-9-10-22(23(31)15-19)29-16-24(32)28-36(29,3)34/h6-10,13,15,21,31H,3-5,11-12,14,16H2,1-2H3,(H,26,33)(H,27,30)(H,28,32,34). The van der Waals surface area contributed by atoms with Gasteiger partial charge in [0, 0.05) is 19.9 Å². The summed E-state index contributed by atoms with van der Waals surface area (Å²) in [6.07, 6.45) is 1.58. The van der Waals surface area contributed by atoms with Crippen LogP contribution in [0.15, 0.2) is 42.5 Å². The van der Waals surface area contributed by atoms with E-state index in [1.54, 1.807) is 6.07 Å². The lowest BCUT2D eigenvalue weighted by molar-refractivity contribution is -0.128. The maximum Gasteiger partial charge on any atom is 0.253 e. The molecular formula is C25H32N4O6S. The van der Waals surface area contributed by atoms with E-state index in [4.69, 9.17) is 4.74 Å². The number of rotatable bonds is 11. The van der Waals surface area contributed by atoms with Crippen LogP contribution >= 0.6 is 0 Å². The first-order chi connectivity index (χ1) is 17.0. The number of aryl methyl sites for hydroxylation is 1. The summed E-state index contributed by atoms with van der Waals surface area (Å²) in [6, 6.07) is 11.5. The number of aromatic hydroxyl groups is 1. The topological polar surface area (TPSA) is 137 Å². The van der Waals surface area contributed by atoms with Gasteiger partial charge in [0.25, 0.3) is 5.91 Å². The fraction of sp³-hybridized carbons (Fsp3) is 0.360. The molecule has 3 amide bonds. The third kappa shape index (κ3) is 7.38. The Morgan fingerprint density at radius 2 is 2.03 bits per heavy atom. The Balaban J connectivity index is 1.53. The molecule has 10 nitrogen and oxygen atoms in total. The molecule has 0 radical (unpaired) electrons. The molecule has 1 aliphatic heterocycles. The Morgan fingerprint density at radius 1 is 1.25 bits per heavy atom. The number of hydrogen-bond donors (Lipinski definition) is 4. The maximum absolute atomic E-state index is 12.7. The first-order valence-electron chi connectivity index (χ1n) is 11.6. The zero-order valence-electron chi connectivity index (χ0n) is 20.4. The van der Waals surface area contributed by atoms with Gasteiger partial charge in [-0.25, -0.2) is 4.21 Å². The molecule has 11 heteroatoms. The van der Waals surface area contributed by atoms with Gasteiger partial charge in [-0.3, -0.25) is 23.4 Å². The fourth-order valence-electron chi connectivity index (χ4n) is 3.80. The third-order valence-electron chi connectivity index (χ3n) is 5.49. The molecule has 2 unspecified atom stereocenters. The van der Waals surface area contributed by atoms with Gasteiger partial charge in [0.15, 0.2) is 0 Å². The molecule has 0 saturated carbocycles. The molecule has 4 N–H and O–H groups in total. The first-order valence-corrected chi connectivity index (χ1v) is 13.3. The van der Waals surface area contributed by atoms with Gasteiger partial charge in [-0.05, 0) is 61.0 Å². The molecule has 0 spiro atoms. The minimum absolute atomic E-state index is 0.132. The van der Waals surface area contributed by atoms with Crippen molar-refractivity contribution < 1.29 is 28.4 Å². The second-order valence-electron chi connectivity index (χ2n) is 8.65. The molecule has 1 fully saturated rings. The van der Waals surface area contributed by atoms with E-state index >= 15 is 0 Å². The lowest BCUT2D eigenvalue weighted by Gasteiger charge is -2.21. The minimum atomic E-state index is -3.07. The van der Waals surface area contributed by atoms with Gasteiger partial charge in [0.05, 0.1) is 12.3 Å². The summed E-state index contributed by atoms with van der Waals surface area (Å²) in [6.45, 7) is 4.08. The van der Waals surface area contributed by atoms with Crippen molar-refractivity contribution in [2.24, 2.45) is 0 Å². The minimum Gasteiger partial charge on any atom is -0.506 e.